The van der Waals surface area contributed by atoms with Crippen LogP contribution in [0.2, 0.25) is 0 Å². The summed E-state index contributed by atoms with van der Waals surface area (Å²) in [7, 11) is 1.75. The molecule has 1 N–H and O–H groups in total. The van der Waals surface area contributed by atoms with Crippen molar-refractivity contribution in [2.75, 3.05) is 11.9 Å². The van der Waals surface area contributed by atoms with Gasteiger partial charge in [0, 0.05) is 13.6 Å². The molecule has 0 aliphatic rings. The Hall–Kier alpha value is -2.64. The molecule has 2 aromatic rings. The predicted molar refractivity (Wildman–Crippen MR) is 73.0 cm³/mol. The minimum Gasteiger partial charge on any atom is -0.435 e. The number of hydrogen-bond donors (Lipinski definition) is 1. The van der Waals surface area contributed by atoms with Crippen LogP contribution < -0.4 is 10.1 Å². The monoisotopic (exact) mass is 277 g/mol. The summed E-state index contributed by atoms with van der Waals surface area (Å²) in [5.74, 6) is 1.05. The van der Waals surface area contributed by atoms with E-state index in [0.29, 0.717) is 18.1 Å². The second-order valence-corrected chi connectivity index (χ2v) is 4.18. The van der Waals surface area contributed by atoms with Gasteiger partial charge < -0.3 is 10.1 Å². The van der Waals surface area contributed by atoms with E-state index in [-0.39, 0.29) is 11.6 Å². The van der Waals surface area contributed by atoms with Gasteiger partial charge in [-0.2, -0.15) is 10.1 Å². The van der Waals surface area contributed by atoms with Crippen molar-refractivity contribution in [2.45, 2.75) is 13.3 Å². The van der Waals surface area contributed by atoms with Crippen LogP contribution in [0.25, 0.3) is 0 Å². The molecule has 2 aromatic heterocycles. The Labute approximate surface area is 115 Å². The summed E-state index contributed by atoms with van der Waals surface area (Å²) in [6.07, 6.45) is 4.06. The Morgan fingerprint density at radius 2 is 2.30 bits per heavy atom. The molecular formula is C12H15N5O3. The molecule has 0 aliphatic carbocycles. The number of ether oxygens (including phenoxy) is 1. The molecule has 0 aromatic carbocycles. The van der Waals surface area contributed by atoms with Crippen molar-refractivity contribution in [2.24, 2.45) is 7.05 Å². The zero-order chi connectivity index (χ0) is 14.5. The van der Waals surface area contributed by atoms with Gasteiger partial charge in [-0.1, -0.05) is 6.92 Å². The highest BCUT2D eigenvalue weighted by Crippen LogP contribution is 2.25. The maximum Gasteiger partial charge on any atom is 0.278 e. The van der Waals surface area contributed by atoms with Crippen LogP contribution in [0.4, 0.5) is 11.5 Å². The van der Waals surface area contributed by atoms with E-state index < -0.39 is 4.92 Å². The fraction of sp³-hybridized carbons (Fsp3) is 0.333. The van der Waals surface area contributed by atoms with Crippen molar-refractivity contribution in [1.82, 2.24) is 14.8 Å². The maximum absolute atomic E-state index is 10.9. The third-order valence-corrected chi connectivity index (χ3v) is 2.46. The first-order valence-electron chi connectivity index (χ1n) is 6.15. The number of aromatic nitrogens is 3. The second-order valence-electron chi connectivity index (χ2n) is 4.18. The van der Waals surface area contributed by atoms with Gasteiger partial charge in [0.15, 0.2) is 5.75 Å². The molecule has 0 spiro atoms. The van der Waals surface area contributed by atoms with Gasteiger partial charge in [-0.3, -0.25) is 14.8 Å². The van der Waals surface area contributed by atoms with Crippen LogP contribution in [0.5, 0.6) is 11.6 Å². The summed E-state index contributed by atoms with van der Waals surface area (Å²) in [6.45, 7) is 2.68. The molecule has 20 heavy (non-hydrogen) atoms. The Bertz CT molecular complexity index is 611. The lowest BCUT2D eigenvalue weighted by atomic mass is 10.3. The van der Waals surface area contributed by atoms with Crippen LogP contribution in [0.1, 0.15) is 13.3 Å². The number of nitro groups is 1. The van der Waals surface area contributed by atoms with Gasteiger partial charge in [0.25, 0.3) is 5.69 Å². The maximum atomic E-state index is 10.9. The minimum atomic E-state index is -0.477. The second kappa shape index (κ2) is 6.00. The van der Waals surface area contributed by atoms with E-state index >= 15 is 0 Å². The van der Waals surface area contributed by atoms with Crippen LogP contribution >= 0.6 is 0 Å². The van der Waals surface area contributed by atoms with Crippen molar-refractivity contribution in [3.63, 3.8) is 0 Å². The van der Waals surface area contributed by atoms with Crippen LogP contribution in [0.15, 0.2) is 24.5 Å². The fourth-order valence-corrected chi connectivity index (χ4v) is 1.57. The molecule has 0 amide bonds. The summed E-state index contributed by atoms with van der Waals surface area (Å²) in [6, 6.07) is 2.66. The standard InChI is InChI=1S/C12H15N5O3/c1-3-4-13-11-5-9(17(18)19)6-12(15-11)20-10-7-14-16(2)8-10/h5-8H,3-4H2,1-2H3,(H,13,15). The number of anilines is 1. The number of hydrogen-bond acceptors (Lipinski definition) is 6. The van der Waals surface area contributed by atoms with Gasteiger partial charge in [0.05, 0.1) is 29.4 Å². The van der Waals surface area contributed by atoms with E-state index in [1.807, 2.05) is 6.92 Å². The number of rotatable bonds is 6. The quantitative estimate of drug-likeness (QED) is 0.643. The Morgan fingerprint density at radius 1 is 1.50 bits per heavy atom. The normalized spacial score (nSPS) is 10.3. The molecule has 0 aliphatic heterocycles. The van der Waals surface area contributed by atoms with E-state index in [1.165, 1.54) is 18.3 Å². The topological polar surface area (TPSA) is 95.1 Å². The van der Waals surface area contributed by atoms with E-state index in [2.05, 4.69) is 15.4 Å². The van der Waals surface area contributed by atoms with Gasteiger partial charge in [-0.25, -0.2) is 0 Å². The molecule has 0 atom stereocenters. The third-order valence-electron chi connectivity index (χ3n) is 2.46. The molecule has 0 radical (unpaired) electrons. The lowest BCUT2D eigenvalue weighted by molar-refractivity contribution is -0.384. The zero-order valence-corrected chi connectivity index (χ0v) is 11.2. The van der Waals surface area contributed by atoms with E-state index in [9.17, 15) is 10.1 Å². The smallest absolute Gasteiger partial charge is 0.278 e. The van der Waals surface area contributed by atoms with Gasteiger partial charge in [0.2, 0.25) is 5.88 Å². The lowest BCUT2D eigenvalue weighted by Crippen LogP contribution is -2.03. The first-order valence-corrected chi connectivity index (χ1v) is 6.15. The molecule has 2 rings (SSSR count). The number of nitrogens with one attached hydrogen (secondary N) is 1. The predicted octanol–water partition coefficient (Wildman–Crippen LogP) is 2.34. The van der Waals surface area contributed by atoms with Crippen molar-refractivity contribution >= 4 is 11.5 Å². The lowest BCUT2D eigenvalue weighted by Gasteiger charge is -2.07. The molecule has 0 fully saturated rings. The highest BCUT2D eigenvalue weighted by atomic mass is 16.6. The van der Waals surface area contributed by atoms with Crippen LogP contribution in [-0.2, 0) is 7.05 Å². The number of nitrogens with zero attached hydrogens (tertiary/aromatic N) is 4. The molecule has 0 unspecified atom stereocenters. The Morgan fingerprint density at radius 3 is 2.90 bits per heavy atom. The van der Waals surface area contributed by atoms with Gasteiger partial charge in [0.1, 0.15) is 5.82 Å². The molecular weight excluding hydrogens is 262 g/mol. The summed E-state index contributed by atoms with van der Waals surface area (Å²) >= 11 is 0. The summed E-state index contributed by atoms with van der Waals surface area (Å²) in [5, 5.41) is 17.9. The minimum absolute atomic E-state index is 0.0718. The van der Waals surface area contributed by atoms with E-state index in [0.717, 1.165) is 6.42 Å². The van der Waals surface area contributed by atoms with Crippen molar-refractivity contribution in [1.29, 1.82) is 0 Å². The van der Waals surface area contributed by atoms with Gasteiger partial charge >= 0.3 is 0 Å². The van der Waals surface area contributed by atoms with Gasteiger partial charge in [-0.05, 0) is 6.42 Å². The third kappa shape index (κ3) is 3.44. The molecule has 8 nitrogen and oxygen atoms in total. The molecule has 0 saturated heterocycles. The van der Waals surface area contributed by atoms with Crippen molar-refractivity contribution in [3.8, 4) is 11.6 Å². The Kier molecular flexibility index (Phi) is 4.14. The Balaban J connectivity index is 2.26. The van der Waals surface area contributed by atoms with Crippen LogP contribution in [0.3, 0.4) is 0 Å². The molecule has 106 valence electrons. The largest absolute Gasteiger partial charge is 0.435 e. The highest BCUT2D eigenvalue weighted by Gasteiger charge is 2.13. The van der Waals surface area contributed by atoms with E-state index in [4.69, 9.17) is 4.74 Å². The summed E-state index contributed by atoms with van der Waals surface area (Å²) < 4.78 is 7.04. The van der Waals surface area contributed by atoms with Crippen LogP contribution in [0, 0.1) is 10.1 Å². The number of pyridine rings is 1. The highest BCUT2D eigenvalue weighted by molar-refractivity contribution is 5.48. The van der Waals surface area contributed by atoms with Gasteiger partial charge in [-0.15, -0.1) is 0 Å². The van der Waals surface area contributed by atoms with E-state index in [1.54, 1.807) is 17.9 Å². The first-order chi connectivity index (χ1) is 9.58. The first kappa shape index (κ1) is 13.8. The molecule has 0 bridgehead atoms. The summed E-state index contributed by atoms with van der Waals surface area (Å²) in [4.78, 5) is 14.6. The fourth-order valence-electron chi connectivity index (χ4n) is 1.57. The van der Waals surface area contributed by atoms with Crippen molar-refractivity contribution in [3.05, 3.63) is 34.6 Å². The number of aryl methyl sites for hydroxylation is 1. The van der Waals surface area contributed by atoms with Crippen molar-refractivity contribution < 1.29 is 9.66 Å². The zero-order valence-electron chi connectivity index (χ0n) is 11.2. The average molecular weight is 277 g/mol. The van der Waals surface area contributed by atoms with Crippen LogP contribution in [-0.4, -0.2) is 26.2 Å². The molecule has 8 heteroatoms. The molecule has 2 heterocycles. The average Bonchev–Trinajstić information content (AvgIpc) is 2.81. The SMILES string of the molecule is CCCNc1cc([N+](=O)[O-])cc(Oc2cnn(C)c2)n1. The molecule has 0 saturated carbocycles. The summed E-state index contributed by atoms with van der Waals surface area (Å²) in [5.41, 5.74) is -0.0718.